The summed E-state index contributed by atoms with van der Waals surface area (Å²) in [6.45, 7) is 1.89. The van der Waals surface area contributed by atoms with E-state index >= 15 is 0 Å². The monoisotopic (exact) mass is 186 g/mol. The smallest absolute Gasteiger partial charge is 0.174 e. The van der Waals surface area contributed by atoms with E-state index in [1.54, 1.807) is 12.1 Å². The molecule has 0 radical (unpaired) electrons. The van der Waals surface area contributed by atoms with E-state index in [-0.39, 0.29) is 12.5 Å². The van der Waals surface area contributed by atoms with Crippen molar-refractivity contribution in [3.8, 4) is 17.9 Å². The second kappa shape index (κ2) is 4.89. The molecule has 0 saturated carbocycles. The van der Waals surface area contributed by atoms with E-state index in [1.165, 1.54) is 0 Å². The fourth-order valence-electron chi connectivity index (χ4n) is 1.04. The Labute approximate surface area is 83.2 Å². The van der Waals surface area contributed by atoms with Crippen LogP contribution in [0.1, 0.15) is 18.4 Å². The topological polar surface area (TPSA) is 56.8 Å². The maximum atomic E-state index is 8.67. The maximum absolute atomic E-state index is 8.67. The molecule has 1 unspecified atom stereocenters. The molecule has 0 aliphatic rings. The van der Waals surface area contributed by atoms with Crippen molar-refractivity contribution in [1.29, 1.82) is 10.5 Å². The first-order valence-electron chi connectivity index (χ1n) is 4.27. The largest absolute Gasteiger partial charge is 0.479 e. The minimum absolute atomic E-state index is 0.0488. The number of benzene rings is 1. The van der Waals surface area contributed by atoms with Gasteiger partial charge < -0.3 is 4.74 Å². The third-order valence-electron chi connectivity index (χ3n) is 1.88. The van der Waals surface area contributed by atoms with Gasteiger partial charge in [0.25, 0.3) is 0 Å². The molecule has 3 heteroatoms. The molecule has 0 aromatic heterocycles. The summed E-state index contributed by atoms with van der Waals surface area (Å²) in [5.74, 6) is 0.542. The molecule has 0 N–H and O–H groups in total. The third kappa shape index (κ3) is 2.50. The lowest BCUT2D eigenvalue weighted by Gasteiger charge is -2.04. The Balaban J connectivity index is 2.70. The normalized spacial score (nSPS) is 11.1. The molecule has 1 aromatic rings. The number of rotatable bonds is 3. The van der Waals surface area contributed by atoms with E-state index in [0.717, 1.165) is 5.56 Å². The van der Waals surface area contributed by atoms with Gasteiger partial charge in [-0.15, -0.1) is 0 Å². The highest BCUT2D eigenvalue weighted by Crippen LogP contribution is 2.18. The van der Waals surface area contributed by atoms with Gasteiger partial charge in [0.1, 0.15) is 11.8 Å². The number of hydrogen-bond acceptors (Lipinski definition) is 3. The summed E-state index contributed by atoms with van der Waals surface area (Å²) in [7, 11) is 0. The SMILES string of the molecule is CC(C#N)c1ccc(OCC#N)cc1. The van der Waals surface area contributed by atoms with Crippen LogP contribution in [0.15, 0.2) is 24.3 Å². The first kappa shape index (κ1) is 10.1. The lowest BCUT2D eigenvalue weighted by atomic mass is 10.0. The highest BCUT2D eigenvalue weighted by atomic mass is 16.5. The molecule has 70 valence electrons. The van der Waals surface area contributed by atoms with Crippen molar-refractivity contribution in [2.24, 2.45) is 0 Å². The van der Waals surface area contributed by atoms with Crippen molar-refractivity contribution in [2.75, 3.05) is 6.61 Å². The zero-order valence-corrected chi connectivity index (χ0v) is 7.90. The molecule has 1 rings (SSSR count). The van der Waals surface area contributed by atoms with Gasteiger partial charge in [-0.2, -0.15) is 10.5 Å². The van der Waals surface area contributed by atoms with Crippen LogP contribution in [0.25, 0.3) is 0 Å². The standard InChI is InChI=1S/C11H10N2O/c1-9(8-13)10-2-4-11(5-3-10)14-7-6-12/h2-5,9H,7H2,1H3. The third-order valence-corrected chi connectivity index (χ3v) is 1.88. The maximum Gasteiger partial charge on any atom is 0.174 e. The zero-order chi connectivity index (χ0) is 10.4. The predicted molar refractivity (Wildman–Crippen MR) is 51.6 cm³/mol. The summed E-state index contributed by atoms with van der Waals surface area (Å²) in [5.41, 5.74) is 0.955. The Morgan fingerprint density at radius 1 is 1.29 bits per heavy atom. The summed E-state index contributed by atoms with van der Waals surface area (Å²) in [5, 5.41) is 17.0. The number of nitrogens with zero attached hydrogens (tertiary/aromatic N) is 2. The average molecular weight is 186 g/mol. The minimum Gasteiger partial charge on any atom is -0.479 e. The quantitative estimate of drug-likeness (QED) is 0.727. The number of ether oxygens (including phenoxy) is 1. The fourth-order valence-corrected chi connectivity index (χ4v) is 1.04. The van der Waals surface area contributed by atoms with Crippen molar-refractivity contribution in [3.63, 3.8) is 0 Å². The van der Waals surface area contributed by atoms with Gasteiger partial charge in [0.2, 0.25) is 0 Å². The van der Waals surface area contributed by atoms with E-state index < -0.39 is 0 Å². The van der Waals surface area contributed by atoms with E-state index in [2.05, 4.69) is 6.07 Å². The van der Waals surface area contributed by atoms with Crippen molar-refractivity contribution in [2.45, 2.75) is 12.8 Å². The Bertz CT molecular complexity index is 370. The van der Waals surface area contributed by atoms with Crippen LogP contribution in [-0.4, -0.2) is 6.61 Å². The highest BCUT2D eigenvalue weighted by molar-refractivity contribution is 5.31. The molecule has 0 bridgehead atoms. The lowest BCUT2D eigenvalue weighted by Crippen LogP contribution is -1.94. The van der Waals surface area contributed by atoms with E-state index in [0.29, 0.717) is 5.75 Å². The van der Waals surface area contributed by atoms with Gasteiger partial charge in [-0.05, 0) is 24.6 Å². The molecule has 0 spiro atoms. The van der Waals surface area contributed by atoms with E-state index in [1.807, 2.05) is 25.1 Å². The lowest BCUT2D eigenvalue weighted by molar-refractivity contribution is 0.368. The van der Waals surface area contributed by atoms with Gasteiger partial charge in [-0.25, -0.2) is 0 Å². The zero-order valence-electron chi connectivity index (χ0n) is 7.90. The molecule has 0 fully saturated rings. The van der Waals surface area contributed by atoms with E-state index in [4.69, 9.17) is 15.3 Å². The van der Waals surface area contributed by atoms with Crippen LogP contribution in [0.4, 0.5) is 0 Å². The second-order valence-corrected chi connectivity index (χ2v) is 2.87. The first-order valence-corrected chi connectivity index (χ1v) is 4.27. The number of nitriles is 2. The molecule has 14 heavy (non-hydrogen) atoms. The van der Waals surface area contributed by atoms with Crippen LogP contribution in [-0.2, 0) is 0 Å². The summed E-state index contributed by atoms with van der Waals surface area (Å²) >= 11 is 0. The van der Waals surface area contributed by atoms with Gasteiger partial charge in [-0.3, -0.25) is 0 Å². The summed E-state index contributed by atoms with van der Waals surface area (Å²) in [4.78, 5) is 0. The van der Waals surface area contributed by atoms with Gasteiger partial charge in [-0.1, -0.05) is 12.1 Å². The van der Waals surface area contributed by atoms with Crippen molar-refractivity contribution < 1.29 is 4.74 Å². The minimum atomic E-state index is -0.111. The van der Waals surface area contributed by atoms with Crippen LogP contribution < -0.4 is 4.74 Å². The van der Waals surface area contributed by atoms with Gasteiger partial charge >= 0.3 is 0 Å². The Morgan fingerprint density at radius 3 is 2.43 bits per heavy atom. The second-order valence-electron chi connectivity index (χ2n) is 2.87. The Kier molecular flexibility index (Phi) is 3.52. The predicted octanol–water partition coefficient (Wildman–Crippen LogP) is 2.22. The molecule has 0 heterocycles. The average Bonchev–Trinajstić information content (AvgIpc) is 2.26. The van der Waals surface area contributed by atoms with Crippen molar-refractivity contribution in [3.05, 3.63) is 29.8 Å². The van der Waals surface area contributed by atoms with Crippen LogP contribution in [0, 0.1) is 22.7 Å². The summed E-state index contributed by atoms with van der Waals surface area (Å²) < 4.78 is 5.08. The van der Waals surface area contributed by atoms with Crippen LogP contribution in [0.5, 0.6) is 5.75 Å². The van der Waals surface area contributed by atoms with Gasteiger partial charge in [0.05, 0.1) is 12.0 Å². The molecule has 1 atom stereocenters. The highest BCUT2D eigenvalue weighted by Gasteiger charge is 2.02. The summed E-state index contributed by atoms with van der Waals surface area (Å²) in [6, 6.07) is 11.2. The fraction of sp³-hybridized carbons (Fsp3) is 0.273. The van der Waals surface area contributed by atoms with Crippen LogP contribution in [0.3, 0.4) is 0 Å². The van der Waals surface area contributed by atoms with Crippen LogP contribution >= 0.6 is 0 Å². The Morgan fingerprint density at radius 2 is 1.93 bits per heavy atom. The molecule has 3 nitrogen and oxygen atoms in total. The van der Waals surface area contributed by atoms with Crippen molar-refractivity contribution >= 4 is 0 Å². The molecule has 1 aromatic carbocycles. The van der Waals surface area contributed by atoms with Gasteiger partial charge in [0, 0.05) is 0 Å². The van der Waals surface area contributed by atoms with Crippen molar-refractivity contribution in [1.82, 2.24) is 0 Å². The molecule has 0 saturated heterocycles. The molecule has 0 aliphatic heterocycles. The first-order chi connectivity index (χ1) is 6.77. The molecular weight excluding hydrogens is 176 g/mol. The Hall–Kier alpha value is -2.00. The van der Waals surface area contributed by atoms with Gasteiger partial charge in [0.15, 0.2) is 6.61 Å². The summed E-state index contributed by atoms with van der Waals surface area (Å²) in [6.07, 6.45) is 0. The number of hydrogen-bond donors (Lipinski definition) is 0. The molecular formula is C11H10N2O. The molecule has 0 amide bonds. The van der Waals surface area contributed by atoms with E-state index in [9.17, 15) is 0 Å². The molecule has 0 aliphatic carbocycles. The van der Waals surface area contributed by atoms with Crippen LogP contribution in [0.2, 0.25) is 0 Å².